The highest BCUT2D eigenvalue weighted by Crippen LogP contribution is 2.23. The third-order valence-corrected chi connectivity index (χ3v) is 5.08. The molecule has 0 spiro atoms. The van der Waals surface area contributed by atoms with Gasteiger partial charge in [-0.05, 0) is 37.5 Å². The molecule has 2 aromatic carbocycles. The van der Waals surface area contributed by atoms with Crippen molar-refractivity contribution in [3.63, 3.8) is 0 Å². The fourth-order valence-corrected chi connectivity index (χ4v) is 3.54. The van der Waals surface area contributed by atoms with Crippen LogP contribution >= 0.6 is 0 Å². The highest BCUT2D eigenvalue weighted by molar-refractivity contribution is 6.36. The first-order valence-corrected chi connectivity index (χ1v) is 9.74. The van der Waals surface area contributed by atoms with E-state index in [0.717, 1.165) is 16.8 Å². The third kappa shape index (κ3) is 4.47. The average Bonchev–Trinajstić information content (AvgIpc) is 2.70. The van der Waals surface area contributed by atoms with Crippen LogP contribution in [-0.2, 0) is 20.8 Å². The quantitative estimate of drug-likeness (QED) is 0.726. The number of hydrogen-bond donors (Lipinski definition) is 0. The summed E-state index contributed by atoms with van der Waals surface area (Å²) in [6.07, 6.45) is 1.43. The van der Waals surface area contributed by atoms with Gasteiger partial charge in [0, 0.05) is 18.7 Å². The first-order valence-electron chi connectivity index (χ1n) is 9.74. The summed E-state index contributed by atoms with van der Waals surface area (Å²) in [6, 6.07) is 17.4. The van der Waals surface area contributed by atoms with Gasteiger partial charge in [0.1, 0.15) is 6.54 Å². The van der Waals surface area contributed by atoms with E-state index in [1.165, 1.54) is 4.90 Å². The normalized spacial score (nSPS) is 16.9. The molecular formula is C23H26N2O3. The molecule has 3 rings (SSSR count). The molecule has 146 valence electrons. The second kappa shape index (κ2) is 8.83. The number of ketones is 1. The molecule has 1 saturated heterocycles. The van der Waals surface area contributed by atoms with Crippen LogP contribution in [-0.4, -0.2) is 41.6 Å². The number of Topliss-reactive ketones (excluding diaryl/α,β-unsaturated/α-hetero) is 1. The van der Waals surface area contributed by atoms with Crippen LogP contribution in [0.5, 0.6) is 0 Å². The van der Waals surface area contributed by atoms with E-state index in [9.17, 15) is 14.4 Å². The van der Waals surface area contributed by atoms with E-state index in [-0.39, 0.29) is 24.9 Å². The largest absolute Gasteiger partial charge is 0.322 e. The molecule has 0 radical (unpaired) electrons. The smallest absolute Gasteiger partial charge is 0.290 e. The lowest BCUT2D eigenvalue weighted by molar-refractivity contribution is -0.148. The fraction of sp³-hybridized carbons (Fsp3) is 0.348. The van der Waals surface area contributed by atoms with Crippen molar-refractivity contribution in [2.75, 3.05) is 18.0 Å². The van der Waals surface area contributed by atoms with Crippen LogP contribution in [0.2, 0.25) is 0 Å². The van der Waals surface area contributed by atoms with Gasteiger partial charge in [-0.15, -0.1) is 0 Å². The van der Waals surface area contributed by atoms with Gasteiger partial charge in [-0.1, -0.05) is 55.0 Å². The van der Waals surface area contributed by atoms with E-state index >= 15 is 0 Å². The van der Waals surface area contributed by atoms with Gasteiger partial charge in [0.05, 0.1) is 6.04 Å². The van der Waals surface area contributed by atoms with E-state index in [1.807, 2.05) is 68.4 Å². The molecular weight excluding hydrogens is 352 g/mol. The monoisotopic (exact) mass is 378 g/mol. The molecule has 5 heteroatoms. The molecule has 1 atom stereocenters. The molecule has 28 heavy (non-hydrogen) atoms. The predicted molar refractivity (Wildman–Crippen MR) is 109 cm³/mol. The van der Waals surface area contributed by atoms with Gasteiger partial charge < -0.3 is 9.80 Å². The summed E-state index contributed by atoms with van der Waals surface area (Å²) in [6.45, 7) is 4.18. The van der Waals surface area contributed by atoms with E-state index in [4.69, 9.17) is 0 Å². The van der Waals surface area contributed by atoms with Gasteiger partial charge in [-0.2, -0.15) is 0 Å². The molecule has 5 nitrogen and oxygen atoms in total. The van der Waals surface area contributed by atoms with Gasteiger partial charge in [-0.3, -0.25) is 14.4 Å². The van der Waals surface area contributed by atoms with Crippen LogP contribution in [0.1, 0.15) is 30.9 Å². The Morgan fingerprint density at radius 1 is 1.04 bits per heavy atom. The van der Waals surface area contributed by atoms with E-state index in [2.05, 4.69) is 0 Å². The SMILES string of the molecule is CCCC(=O)C(=O)N1CC(=O)N(c2ccc(C)cc2)C[C@@H]1Cc1ccccc1. The average molecular weight is 378 g/mol. The summed E-state index contributed by atoms with van der Waals surface area (Å²) in [7, 11) is 0. The first kappa shape index (κ1) is 19.8. The lowest BCUT2D eigenvalue weighted by Crippen LogP contribution is -2.60. The molecule has 1 aliphatic heterocycles. The van der Waals surface area contributed by atoms with Gasteiger partial charge in [0.25, 0.3) is 5.91 Å². The zero-order chi connectivity index (χ0) is 20.1. The zero-order valence-corrected chi connectivity index (χ0v) is 16.4. The number of aryl methyl sites for hydroxylation is 1. The number of carbonyl (C=O) groups is 3. The lowest BCUT2D eigenvalue weighted by atomic mass is 10.00. The van der Waals surface area contributed by atoms with Crippen LogP contribution < -0.4 is 4.90 Å². The number of hydrogen-bond acceptors (Lipinski definition) is 3. The van der Waals surface area contributed by atoms with Crippen LogP contribution in [0.3, 0.4) is 0 Å². The van der Waals surface area contributed by atoms with Crippen molar-refractivity contribution in [1.29, 1.82) is 0 Å². The molecule has 2 aromatic rings. The molecule has 0 saturated carbocycles. The Hall–Kier alpha value is -2.95. The number of anilines is 1. The number of amides is 2. The van der Waals surface area contributed by atoms with Crippen molar-refractivity contribution in [2.24, 2.45) is 0 Å². The molecule has 0 N–H and O–H groups in total. The summed E-state index contributed by atoms with van der Waals surface area (Å²) in [5.41, 5.74) is 3.02. The maximum atomic E-state index is 12.8. The molecule has 0 unspecified atom stereocenters. The van der Waals surface area contributed by atoms with Gasteiger partial charge in [0.2, 0.25) is 11.7 Å². The third-order valence-electron chi connectivity index (χ3n) is 5.08. The van der Waals surface area contributed by atoms with Gasteiger partial charge in [-0.25, -0.2) is 0 Å². The summed E-state index contributed by atoms with van der Waals surface area (Å²) in [4.78, 5) is 40.9. The zero-order valence-electron chi connectivity index (χ0n) is 16.4. The van der Waals surface area contributed by atoms with Crippen LogP contribution in [0, 0.1) is 6.92 Å². The second-order valence-electron chi connectivity index (χ2n) is 7.29. The van der Waals surface area contributed by atoms with E-state index in [1.54, 1.807) is 4.90 Å². The van der Waals surface area contributed by atoms with Crippen molar-refractivity contribution in [3.8, 4) is 0 Å². The number of piperazine rings is 1. The standard InChI is InChI=1S/C23H26N2O3/c1-3-7-21(26)23(28)25-16-22(27)24(19-12-10-17(2)11-13-19)15-20(25)14-18-8-5-4-6-9-18/h4-6,8-13,20H,3,7,14-16H2,1-2H3/t20-/m0/s1. The van der Waals surface area contributed by atoms with Crippen molar-refractivity contribution < 1.29 is 14.4 Å². The molecule has 1 aliphatic rings. The van der Waals surface area contributed by atoms with E-state index < -0.39 is 11.7 Å². The van der Waals surface area contributed by atoms with Crippen molar-refractivity contribution in [2.45, 2.75) is 39.2 Å². The highest BCUT2D eigenvalue weighted by atomic mass is 16.2. The Balaban J connectivity index is 1.87. The minimum Gasteiger partial charge on any atom is -0.322 e. The number of nitrogens with zero attached hydrogens (tertiary/aromatic N) is 2. The molecule has 1 fully saturated rings. The molecule has 1 heterocycles. The van der Waals surface area contributed by atoms with Crippen LogP contribution in [0.25, 0.3) is 0 Å². The molecule has 0 aliphatic carbocycles. The van der Waals surface area contributed by atoms with Crippen LogP contribution in [0.15, 0.2) is 54.6 Å². The second-order valence-corrected chi connectivity index (χ2v) is 7.29. The summed E-state index contributed by atoms with van der Waals surface area (Å²) < 4.78 is 0. The molecule has 0 aromatic heterocycles. The maximum absolute atomic E-state index is 12.8. The van der Waals surface area contributed by atoms with E-state index in [0.29, 0.717) is 19.4 Å². The lowest BCUT2D eigenvalue weighted by Gasteiger charge is -2.41. The van der Waals surface area contributed by atoms with Gasteiger partial charge >= 0.3 is 0 Å². The topological polar surface area (TPSA) is 57.7 Å². The Kier molecular flexibility index (Phi) is 6.24. The number of carbonyl (C=O) groups excluding carboxylic acids is 3. The summed E-state index contributed by atoms with van der Waals surface area (Å²) >= 11 is 0. The minimum absolute atomic E-state index is 0.0698. The molecule has 2 amide bonds. The summed E-state index contributed by atoms with van der Waals surface area (Å²) in [5.74, 6) is -1.12. The Morgan fingerprint density at radius 3 is 2.36 bits per heavy atom. The van der Waals surface area contributed by atoms with Gasteiger partial charge in [0.15, 0.2) is 0 Å². The van der Waals surface area contributed by atoms with Crippen LogP contribution in [0.4, 0.5) is 5.69 Å². The summed E-state index contributed by atoms with van der Waals surface area (Å²) in [5, 5.41) is 0. The van der Waals surface area contributed by atoms with Crippen molar-refractivity contribution >= 4 is 23.3 Å². The Morgan fingerprint density at radius 2 is 1.71 bits per heavy atom. The number of rotatable bonds is 6. The highest BCUT2D eigenvalue weighted by Gasteiger charge is 2.37. The Labute approximate surface area is 166 Å². The number of benzene rings is 2. The molecule has 0 bridgehead atoms. The maximum Gasteiger partial charge on any atom is 0.290 e. The van der Waals surface area contributed by atoms with Crippen molar-refractivity contribution in [3.05, 3.63) is 65.7 Å². The first-order chi connectivity index (χ1) is 13.5. The Bertz CT molecular complexity index is 846. The van der Waals surface area contributed by atoms with Crippen molar-refractivity contribution in [1.82, 2.24) is 4.90 Å². The minimum atomic E-state index is -0.542. The predicted octanol–water partition coefficient (Wildman–Crippen LogP) is 3.15. The fourth-order valence-electron chi connectivity index (χ4n) is 3.54.